The molecule has 1 heterocycles. The predicted octanol–water partition coefficient (Wildman–Crippen LogP) is 2.38. The van der Waals surface area contributed by atoms with E-state index in [4.69, 9.17) is 4.74 Å². The fraction of sp³-hybridized carbons (Fsp3) is 0.333. The summed E-state index contributed by atoms with van der Waals surface area (Å²) in [4.78, 5) is 0. The second-order valence-corrected chi connectivity index (χ2v) is 3.00. The first-order valence-electron chi connectivity index (χ1n) is 3.53. The molecule has 10 heavy (non-hydrogen) atoms. The van der Waals surface area contributed by atoms with Gasteiger partial charge in [-0.2, -0.15) is 0 Å². The van der Waals surface area contributed by atoms with Gasteiger partial charge in [-0.05, 0) is 25.5 Å². The number of ether oxygens (including phenoxy) is 1. The van der Waals surface area contributed by atoms with Crippen molar-refractivity contribution in [3.8, 4) is 0 Å². The molecule has 0 aromatic carbocycles. The Kier molecular flexibility index (Phi) is 1.01. The highest BCUT2D eigenvalue weighted by molar-refractivity contribution is 5.29. The first kappa shape index (κ1) is 5.78. The predicted molar refractivity (Wildman–Crippen MR) is 40.2 cm³/mol. The molecule has 1 aliphatic carbocycles. The summed E-state index contributed by atoms with van der Waals surface area (Å²) < 4.78 is 5.29. The van der Waals surface area contributed by atoms with Crippen LogP contribution in [-0.4, -0.2) is 0 Å². The van der Waals surface area contributed by atoms with E-state index in [0.29, 0.717) is 0 Å². The van der Waals surface area contributed by atoms with E-state index in [2.05, 4.69) is 19.1 Å². The van der Waals surface area contributed by atoms with Crippen LogP contribution in [0, 0.1) is 5.41 Å². The van der Waals surface area contributed by atoms with Crippen LogP contribution in [0.1, 0.15) is 13.3 Å². The monoisotopic (exact) mass is 134 g/mol. The minimum absolute atomic E-state index is 0.161. The molecule has 0 saturated carbocycles. The smallest absolute Gasteiger partial charge is 0.113 e. The fourth-order valence-electron chi connectivity index (χ4n) is 1.34. The van der Waals surface area contributed by atoms with E-state index in [1.54, 1.807) is 6.26 Å². The van der Waals surface area contributed by atoms with Crippen molar-refractivity contribution in [2.75, 3.05) is 0 Å². The molecule has 1 nitrogen and oxygen atoms in total. The molecule has 0 aromatic heterocycles. The SMILES string of the molecule is CC12C=COC1=CC=CC2. The van der Waals surface area contributed by atoms with Gasteiger partial charge in [0.2, 0.25) is 0 Å². The van der Waals surface area contributed by atoms with Crippen LogP contribution >= 0.6 is 0 Å². The molecule has 0 spiro atoms. The largest absolute Gasteiger partial charge is 0.469 e. The van der Waals surface area contributed by atoms with E-state index in [0.717, 1.165) is 12.2 Å². The Bertz CT molecular complexity index is 235. The summed E-state index contributed by atoms with van der Waals surface area (Å²) in [6.45, 7) is 2.19. The van der Waals surface area contributed by atoms with Gasteiger partial charge in [-0.15, -0.1) is 0 Å². The highest BCUT2D eigenvalue weighted by atomic mass is 16.5. The van der Waals surface area contributed by atoms with Crippen molar-refractivity contribution < 1.29 is 4.74 Å². The maximum atomic E-state index is 5.29. The first-order chi connectivity index (χ1) is 4.81. The molecule has 1 aliphatic heterocycles. The zero-order valence-corrected chi connectivity index (χ0v) is 6.00. The zero-order valence-electron chi connectivity index (χ0n) is 6.00. The van der Waals surface area contributed by atoms with Gasteiger partial charge in [0, 0.05) is 0 Å². The number of rotatable bonds is 0. The van der Waals surface area contributed by atoms with Crippen molar-refractivity contribution in [1.29, 1.82) is 0 Å². The molecular weight excluding hydrogens is 124 g/mol. The number of allylic oxidation sites excluding steroid dienone is 4. The molecule has 0 N–H and O–H groups in total. The molecule has 0 aromatic rings. The van der Waals surface area contributed by atoms with Crippen LogP contribution in [0.4, 0.5) is 0 Å². The lowest BCUT2D eigenvalue weighted by molar-refractivity contribution is 0.295. The molecule has 2 aliphatic rings. The van der Waals surface area contributed by atoms with Crippen molar-refractivity contribution in [3.05, 3.63) is 36.3 Å². The van der Waals surface area contributed by atoms with E-state index in [1.165, 1.54) is 0 Å². The number of fused-ring (bicyclic) bond motifs is 1. The lowest BCUT2D eigenvalue weighted by atomic mass is 9.83. The molecule has 0 saturated heterocycles. The third-order valence-electron chi connectivity index (χ3n) is 2.12. The quantitative estimate of drug-likeness (QED) is 0.494. The normalized spacial score (nSPS) is 35.1. The van der Waals surface area contributed by atoms with Gasteiger partial charge in [0.05, 0.1) is 11.7 Å². The summed E-state index contributed by atoms with van der Waals surface area (Å²) in [5, 5.41) is 0. The van der Waals surface area contributed by atoms with Crippen molar-refractivity contribution in [2.45, 2.75) is 13.3 Å². The highest BCUT2D eigenvalue weighted by Gasteiger charge is 2.31. The topological polar surface area (TPSA) is 9.23 Å². The van der Waals surface area contributed by atoms with Crippen LogP contribution in [0.25, 0.3) is 0 Å². The fourth-order valence-corrected chi connectivity index (χ4v) is 1.34. The minimum atomic E-state index is 0.161. The maximum Gasteiger partial charge on any atom is 0.113 e. The molecule has 2 rings (SSSR count). The van der Waals surface area contributed by atoms with Crippen LogP contribution in [0.3, 0.4) is 0 Å². The van der Waals surface area contributed by atoms with E-state index in [9.17, 15) is 0 Å². The van der Waals surface area contributed by atoms with E-state index in [-0.39, 0.29) is 5.41 Å². The van der Waals surface area contributed by atoms with Crippen molar-refractivity contribution in [3.63, 3.8) is 0 Å². The summed E-state index contributed by atoms with van der Waals surface area (Å²) in [5.41, 5.74) is 0.161. The molecule has 0 amide bonds. The van der Waals surface area contributed by atoms with E-state index < -0.39 is 0 Å². The van der Waals surface area contributed by atoms with Crippen LogP contribution in [0.2, 0.25) is 0 Å². The van der Waals surface area contributed by atoms with Gasteiger partial charge in [0.1, 0.15) is 5.76 Å². The summed E-state index contributed by atoms with van der Waals surface area (Å²) in [7, 11) is 0. The Morgan fingerprint density at radius 3 is 3.30 bits per heavy atom. The summed E-state index contributed by atoms with van der Waals surface area (Å²) in [6.07, 6.45) is 11.2. The summed E-state index contributed by atoms with van der Waals surface area (Å²) in [6, 6.07) is 0. The Balaban J connectivity index is 2.41. The average molecular weight is 134 g/mol. The lowest BCUT2D eigenvalue weighted by Crippen LogP contribution is -2.13. The van der Waals surface area contributed by atoms with Gasteiger partial charge >= 0.3 is 0 Å². The van der Waals surface area contributed by atoms with E-state index >= 15 is 0 Å². The van der Waals surface area contributed by atoms with Gasteiger partial charge < -0.3 is 4.74 Å². The molecule has 1 unspecified atom stereocenters. The second kappa shape index (κ2) is 1.75. The van der Waals surface area contributed by atoms with E-state index in [1.807, 2.05) is 12.2 Å². The average Bonchev–Trinajstić information content (AvgIpc) is 2.29. The molecule has 1 atom stereocenters. The van der Waals surface area contributed by atoms with Gasteiger partial charge in [0.25, 0.3) is 0 Å². The molecule has 1 heteroatoms. The third-order valence-corrected chi connectivity index (χ3v) is 2.12. The second-order valence-electron chi connectivity index (χ2n) is 3.00. The van der Waals surface area contributed by atoms with Gasteiger partial charge in [-0.1, -0.05) is 12.2 Å². The lowest BCUT2D eigenvalue weighted by Gasteiger charge is -2.22. The van der Waals surface area contributed by atoms with Crippen LogP contribution in [0.5, 0.6) is 0 Å². The number of hydrogen-bond acceptors (Lipinski definition) is 1. The molecule has 0 radical (unpaired) electrons. The van der Waals surface area contributed by atoms with Crippen molar-refractivity contribution in [2.24, 2.45) is 5.41 Å². The standard InChI is InChI=1S/C9H10O/c1-9-5-3-2-4-8(9)10-7-6-9/h2-4,6-7H,5H2,1H3. The Hall–Kier alpha value is -0.980. The number of hydrogen-bond donors (Lipinski definition) is 0. The maximum absolute atomic E-state index is 5.29. The minimum Gasteiger partial charge on any atom is -0.469 e. The molecular formula is C9H10O. The highest BCUT2D eigenvalue weighted by Crippen LogP contribution is 2.40. The van der Waals surface area contributed by atoms with Gasteiger partial charge in [-0.3, -0.25) is 0 Å². The Morgan fingerprint density at radius 1 is 1.60 bits per heavy atom. The Morgan fingerprint density at radius 2 is 2.50 bits per heavy atom. The molecule has 52 valence electrons. The van der Waals surface area contributed by atoms with Crippen molar-refractivity contribution >= 4 is 0 Å². The van der Waals surface area contributed by atoms with Crippen molar-refractivity contribution in [1.82, 2.24) is 0 Å². The van der Waals surface area contributed by atoms with Crippen LogP contribution in [0.15, 0.2) is 36.3 Å². The zero-order chi connectivity index (χ0) is 7.03. The Labute approximate surface area is 60.7 Å². The first-order valence-corrected chi connectivity index (χ1v) is 3.53. The molecule has 0 fully saturated rings. The molecule has 0 bridgehead atoms. The van der Waals surface area contributed by atoms with Crippen LogP contribution < -0.4 is 0 Å². The van der Waals surface area contributed by atoms with Crippen LogP contribution in [-0.2, 0) is 4.74 Å². The summed E-state index contributed by atoms with van der Waals surface area (Å²) in [5.74, 6) is 1.08. The third kappa shape index (κ3) is 0.635. The summed E-state index contributed by atoms with van der Waals surface area (Å²) >= 11 is 0. The van der Waals surface area contributed by atoms with Gasteiger partial charge in [0.15, 0.2) is 0 Å². The van der Waals surface area contributed by atoms with Gasteiger partial charge in [-0.25, -0.2) is 0 Å².